The van der Waals surface area contributed by atoms with Gasteiger partial charge in [0.2, 0.25) is 5.91 Å². The molecule has 1 aliphatic heterocycles. The molecule has 2 N–H and O–H groups in total. The molecule has 1 aliphatic rings. The van der Waals surface area contributed by atoms with Gasteiger partial charge in [0.15, 0.2) is 5.69 Å². The third-order valence-electron chi connectivity index (χ3n) is 6.12. The van der Waals surface area contributed by atoms with Gasteiger partial charge in [-0.3, -0.25) is 4.79 Å². The number of methoxy groups -OCH3 is 1. The van der Waals surface area contributed by atoms with Gasteiger partial charge in [0.05, 0.1) is 37.2 Å². The van der Waals surface area contributed by atoms with E-state index in [4.69, 9.17) is 9.47 Å². The Labute approximate surface area is 193 Å². The van der Waals surface area contributed by atoms with Crippen LogP contribution in [0.4, 0.5) is 11.4 Å². The van der Waals surface area contributed by atoms with E-state index in [0.29, 0.717) is 54.5 Å². The van der Waals surface area contributed by atoms with E-state index in [1.54, 1.807) is 10.8 Å². The van der Waals surface area contributed by atoms with Gasteiger partial charge < -0.3 is 24.7 Å². The molecule has 1 saturated heterocycles. The van der Waals surface area contributed by atoms with Crippen molar-refractivity contribution < 1.29 is 19.1 Å². The van der Waals surface area contributed by atoms with Gasteiger partial charge in [-0.15, -0.1) is 0 Å². The van der Waals surface area contributed by atoms with Crippen molar-refractivity contribution in [3.8, 4) is 0 Å². The molecule has 2 atom stereocenters. The number of rotatable bonds is 8. The number of hydrogen-bond acceptors (Lipinski definition) is 6. The van der Waals surface area contributed by atoms with E-state index in [2.05, 4.69) is 34.7 Å². The lowest BCUT2D eigenvalue weighted by atomic mass is 10.0. The van der Waals surface area contributed by atoms with Gasteiger partial charge in [-0.25, -0.2) is 9.78 Å². The number of hydrogen-bond donors (Lipinski definition) is 2. The van der Waals surface area contributed by atoms with Crippen LogP contribution in [0.3, 0.4) is 0 Å². The number of aryl methyl sites for hydroxylation is 1. The largest absolute Gasteiger partial charge is 0.464 e. The van der Waals surface area contributed by atoms with Crippen molar-refractivity contribution in [3.05, 3.63) is 53.9 Å². The molecule has 1 amide bonds. The summed E-state index contributed by atoms with van der Waals surface area (Å²) in [6.07, 6.45) is 2.41. The predicted molar refractivity (Wildman–Crippen MR) is 128 cm³/mol. The molecule has 3 aromatic rings. The van der Waals surface area contributed by atoms with Gasteiger partial charge in [-0.1, -0.05) is 37.3 Å². The van der Waals surface area contributed by atoms with Gasteiger partial charge in [0.1, 0.15) is 5.65 Å². The topological polar surface area (TPSA) is 94.5 Å². The maximum absolute atomic E-state index is 12.9. The lowest BCUT2D eigenvalue weighted by molar-refractivity contribution is -0.119. The van der Waals surface area contributed by atoms with Gasteiger partial charge in [0, 0.05) is 25.1 Å². The van der Waals surface area contributed by atoms with Crippen molar-refractivity contribution in [3.63, 3.8) is 0 Å². The van der Waals surface area contributed by atoms with Crippen LogP contribution in [0.15, 0.2) is 42.6 Å². The number of ether oxygens (including phenoxy) is 2. The number of benzene rings is 1. The van der Waals surface area contributed by atoms with Crippen molar-refractivity contribution in [2.45, 2.75) is 32.7 Å². The highest BCUT2D eigenvalue weighted by atomic mass is 16.5. The molecular weight excluding hydrogens is 420 g/mol. The SMILES string of the molecule is CCn1c(C(=O)OC)c(NC(=O)[C@@H]2CCOC2)c2cc(NC[C@H](C)c3ccccc3)cnc21. The monoisotopic (exact) mass is 450 g/mol. The predicted octanol–water partition coefficient (Wildman–Crippen LogP) is 4.03. The summed E-state index contributed by atoms with van der Waals surface area (Å²) < 4.78 is 12.2. The Kier molecular flexibility index (Phi) is 6.93. The number of nitrogens with zero attached hydrogens (tertiary/aromatic N) is 2. The molecule has 0 unspecified atom stereocenters. The lowest BCUT2D eigenvalue weighted by Gasteiger charge is -2.14. The highest BCUT2D eigenvalue weighted by Gasteiger charge is 2.29. The fourth-order valence-corrected chi connectivity index (χ4v) is 4.20. The highest BCUT2D eigenvalue weighted by molar-refractivity contribution is 6.11. The summed E-state index contributed by atoms with van der Waals surface area (Å²) in [5.74, 6) is -0.616. The molecule has 33 heavy (non-hydrogen) atoms. The third-order valence-corrected chi connectivity index (χ3v) is 6.12. The van der Waals surface area contributed by atoms with Crippen LogP contribution in [-0.4, -0.2) is 48.3 Å². The van der Waals surface area contributed by atoms with E-state index in [9.17, 15) is 9.59 Å². The molecular formula is C25H30N4O4. The maximum atomic E-state index is 12.9. The van der Waals surface area contributed by atoms with Crippen LogP contribution in [-0.2, 0) is 20.8 Å². The van der Waals surface area contributed by atoms with E-state index in [0.717, 1.165) is 12.2 Å². The van der Waals surface area contributed by atoms with Crippen molar-refractivity contribution in [1.82, 2.24) is 9.55 Å². The Morgan fingerprint density at radius 1 is 1.30 bits per heavy atom. The highest BCUT2D eigenvalue weighted by Crippen LogP contribution is 2.33. The summed E-state index contributed by atoms with van der Waals surface area (Å²) in [7, 11) is 1.34. The van der Waals surface area contributed by atoms with Gasteiger partial charge in [0.25, 0.3) is 0 Å². The average molecular weight is 451 g/mol. The second-order valence-electron chi connectivity index (χ2n) is 8.30. The fourth-order valence-electron chi connectivity index (χ4n) is 4.20. The number of amides is 1. The molecule has 0 saturated carbocycles. The second-order valence-corrected chi connectivity index (χ2v) is 8.30. The molecule has 3 heterocycles. The van der Waals surface area contributed by atoms with Crippen molar-refractivity contribution in [2.24, 2.45) is 5.92 Å². The minimum absolute atomic E-state index is 0.163. The minimum Gasteiger partial charge on any atom is -0.464 e. The van der Waals surface area contributed by atoms with Crippen molar-refractivity contribution >= 4 is 34.3 Å². The fraction of sp³-hybridized carbons (Fsp3) is 0.400. The number of fused-ring (bicyclic) bond motifs is 1. The van der Waals surface area contributed by atoms with E-state index in [-0.39, 0.29) is 11.8 Å². The van der Waals surface area contributed by atoms with Crippen LogP contribution < -0.4 is 10.6 Å². The first-order valence-corrected chi connectivity index (χ1v) is 11.3. The summed E-state index contributed by atoms with van der Waals surface area (Å²) in [5, 5.41) is 7.11. The maximum Gasteiger partial charge on any atom is 0.356 e. The van der Waals surface area contributed by atoms with Crippen LogP contribution >= 0.6 is 0 Å². The first-order valence-electron chi connectivity index (χ1n) is 11.3. The van der Waals surface area contributed by atoms with Crippen LogP contribution in [0, 0.1) is 5.92 Å². The number of esters is 1. The Hall–Kier alpha value is -3.39. The summed E-state index contributed by atoms with van der Waals surface area (Å²) in [6.45, 7) is 6.26. The van der Waals surface area contributed by atoms with E-state index < -0.39 is 5.97 Å². The summed E-state index contributed by atoms with van der Waals surface area (Å²) >= 11 is 0. The molecule has 2 aromatic heterocycles. The quantitative estimate of drug-likeness (QED) is 0.503. The van der Waals surface area contributed by atoms with E-state index >= 15 is 0 Å². The molecule has 0 spiro atoms. The zero-order chi connectivity index (χ0) is 23.4. The number of anilines is 2. The number of nitrogens with one attached hydrogen (secondary N) is 2. The normalized spacial score (nSPS) is 16.5. The molecule has 1 fully saturated rings. The summed E-state index contributed by atoms with van der Waals surface area (Å²) in [6, 6.07) is 12.2. The summed E-state index contributed by atoms with van der Waals surface area (Å²) in [5.41, 5.74) is 3.41. The molecule has 174 valence electrons. The Balaban J connectivity index is 1.67. The van der Waals surface area contributed by atoms with Crippen LogP contribution in [0.2, 0.25) is 0 Å². The standard InChI is InChI=1S/C25H30N4O4/c1-4-29-22(25(31)32-3)21(28-24(30)18-10-11-33-15-18)20-12-19(14-27-23(20)29)26-13-16(2)17-8-6-5-7-9-17/h5-9,12,14,16,18,26H,4,10-11,13,15H2,1-3H3,(H,28,30)/t16-,18+/m0/s1. The number of carbonyl (C=O) groups excluding carboxylic acids is 2. The first kappa shape index (κ1) is 22.8. The Morgan fingerprint density at radius 2 is 2.09 bits per heavy atom. The van der Waals surface area contributed by atoms with Crippen molar-refractivity contribution in [2.75, 3.05) is 37.5 Å². The van der Waals surface area contributed by atoms with Crippen LogP contribution in [0.25, 0.3) is 11.0 Å². The lowest BCUT2D eigenvalue weighted by Crippen LogP contribution is -2.24. The third kappa shape index (κ3) is 4.71. The van der Waals surface area contributed by atoms with Gasteiger partial charge in [-0.2, -0.15) is 0 Å². The minimum atomic E-state index is -0.514. The van der Waals surface area contributed by atoms with Crippen LogP contribution in [0.5, 0.6) is 0 Å². The van der Waals surface area contributed by atoms with Gasteiger partial charge >= 0.3 is 5.97 Å². The second kappa shape index (κ2) is 10.0. The average Bonchev–Trinajstić information content (AvgIpc) is 3.49. The molecule has 0 bridgehead atoms. The Bertz CT molecular complexity index is 1140. The van der Waals surface area contributed by atoms with Crippen LogP contribution in [0.1, 0.15) is 42.2 Å². The first-order chi connectivity index (χ1) is 16.0. The van der Waals surface area contributed by atoms with E-state index in [1.165, 1.54) is 12.7 Å². The molecule has 4 rings (SSSR count). The molecule has 1 aromatic carbocycles. The smallest absolute Gasteiger partial charge is 0.356 e. The summed E-state index contributed by atoms with van der Waals surface area (Å²) in [4.78, 5) is 30.2. The molecule has 8 heteroatoms. The zero-order valence-corrected chi connectivity index (χ0v) is 19.3. The number of pyridine rings is 1. The molecule has 0 aliphatic carbocycles. The molecule has 8 nitrogen and oxygen atoms in total. The number of aromatic nitrogens is 2. The van der Waals surface area contributed by atoms with Gasteiger partial charge in [-0.05, 0) is 30.9 Å². The zero-order valence-electron chi connectivity index (χ0n) is 19.3. The Morgan fingerprint density at radius 3 is 2.76 bits per heavy atom. The van der Waals surface area contributed by atoms with E-state index in [1.807, 2.05) is 31.2 Å². The van der Waals surface area contributed by atoms with Crippen molar-refractivity contribution in [1.29, 1.82) is 0 Å². The molecule has 0 radical (unpaired) electrons. The number of carbonyl (C=O) groups is 2.